The minimum Gasteiger partial charge on any atom is -0.325 e. The topological polar surface area (TPSA) is 60.3 Å². The number of hydrogen-bond acceptors (Lipinski definition) is 2. The lowest BCUT2D eigenvalue weighted by Gasteiger charge is -2.06. The lowest BCUT2D eigenvalue weighted by molar-refractivity contribution is 1.01. The first-order valence-corrected chi connectivity index (χ1v) is 6.53. The van der Waals surface area contributed by atoms with Gasteiger partial charge in [0.15, 0.2) is 1.41 Å². The van der Waals surface area contributed by atoms with Crippen molar-refractivity contribution in [2.24, 2.45) is 5.10 Å². The number of guanidine groups is 1. The largest absolute Gasteiger partial charge is 0.325 e. The van der Waals surface area contributed by atoms with Gasteiger partial charge in [0, 0.05) is 11.3 Å². The molecule has 2 aromatic carbocycles. The molecule has 0 heterocycles. The first kappa shape index (κ1) is 16.1. The van der Waals surface area contributed by atoms with E-state index in [-0.39, 0.29) is 29.9 Å². The number of hydrazone groups is 1. The number of hydrogen-bond donors (Lipinski definition) is 3. The predicted octanol–water partition coefficient (Wildman–Crippen LogP) is 4.58. The van der Waals surface area contributed by atoms with Gasteiger partial charge >= 0.3 is 0 Å². The molecule has 0 amide bonds. The number of anilines is 1. The Morgan fingerprint density at radius 3 is 2.38 bits per heavy atom. The molecule has 0 atom stereocenters. The lowest BCUT2D eigenvalue weighted by atomic mass is 10.2. The Balaban J connectivity index is 0.00000242. The quantitative estimate of drug-likeness (QED) is 0.286. The van der Waals surface area contributed by atoms with Crippen molar-refractivity contribution in [3.8, 4) is 0 Å². The van der Waals surface area contributed by atoms with E-state index in [2.05, 4.69) is 21.2 Å². The fourth-order valence-corrected chi connectivity index (χ4v) is 1.97. The van der Waals surface area contributed by atoms with Crippen LogP contribution in [0.25, 0.3) is 0 Å². The summed E-state index contributed by atoms with van der Waals surface area (Å²) in [4.78, 5) is 0. The third kappa shape index (κ3) is 5.53. The zero-order valence-electron chi connectivity index (χ0n) is 11.8. The summed E-state index contributed by atoms with van der Waals surface area (Å²) >= 11 is 12.0. The van der Waals surface area contributed by atoms with E-state index in [9.17, 15) is 0 Å². The SMILES string of the molecule is I.[H]/N=C(/NN=Cc1c(Cl)cccc1Cl)Nc1ccccc1. The third-order valence-corrected chi connectivity index (χ3v) is 3.06. The molecule has 0 saturated heterocycles. The summed E-state index contributed by atoms with van der Waals surface area (Å²) in [5.41, 5.74) is 4.01. The molecule has 2 aromatic rings. The highest BCUT2D eigenvalue weighted by Crippen LogP contribution is 2.21. The molecule has 7 heteroatoms. The summed E-state index contributed by atoms with van der Waals surface area (Å²) in [6, 6.07) is 14.5. The van der Waals surface area contributed by atoms with Crippen LogP contribution >= 0.6 is 47.2 Å². The Hall–Kier alpha value is -1.31. The van der Waals surface area contributed by atoms with Crippen LogP contribution in [-0.2, 0) is 0 Å². The molecule has 0 aliphatic heterocycles. The van der Waals surface area contributed by atoms with Crippen molar-refractivity contribution in [2.45, 2.75) is 0 Å². The summed E-state index contributed by atoms with van der Waals surface area (Å²) < 4.78 is 7.11. The Morgan fingerprint density at radius 1 is 1.10 bits per heavy atom. The summed E-state index contributed by atoms with van der Waals surface area (Å²) in [7, 11) is 0. The van der Waals surface area contributed by atoms with Gasteiger partial charge in [-0.1, -0.05) is 47.5 Å². The molecule has 4 nitrogen and oxygen atoms in total. The highest BCUT2D eigenvalue weighted by molar-refractivity contribution is 14.0. The van der Waals surface area contributed by atoms with Crippen molar-refractivity contribution >= 4 is 65.0 Å². The number of nitrogens with zero attached hydrogens (tertiary/aromatic N) is 1. The number of benzene rings is 2. The van der Waals surface area contributed by atoms with Crippen LogP contribution in [0.5, 0.6) is 0 Å². The molecular formula is C14H13Cl2IN4. The van der Waals surface area contributed by atoms with Gasteiger partial charge in [0.2, 0.25) is 5.96 Å². The molecule has 0 fully saturated rings. The second-order valence-corrected chi connectivity index (χ2v) is 4.66. The first-order valence-electron chi connectivity index (χ1n) is 6.22. The van der Waals surface area contributed by atoms with Crippen LogP contribution in [-0.4, -0.2) is 12.2 Å². The summed E-state index contributed by atoms with van der Waals surface area (Å²) in [6.45, 7) is 0. The van der Waals surface area contributed by atoms with Crippen LogP contribution in [0.15, 0.2) is 53.6 Å². The van der Waals surface area contributed by atoms with Crippen molar-refractivity contribution in [3.63, 3.8) is 0 Å². The Kier molecular flexibility index (Phi) is 6.78. The molecule has 0 saturated carbocycles. The fourth-order valence-electron chi connectivity index (χ4n) is 1.48. The smallest absolute Gasteiger partial charge is 0.213 e. The Labute approximate surface area is 151 Å². The molecule has 0 radical (unpaired) electrons. The van der Waals surface area contributed by atoms with Gasteiger partial charge in [0.25, 0.3) is 0 Å². The number of para-hydroxylation sites is 1. The van der Waals surface area contributed by atoms with Crippen LogP contribution in [0.2, 0.25) is 11.5 Å². The van der Waals surface area contributed by atoms with E-state index < -0.39 is 0 Å². The zero-order chi connectivity index (χ0) is 15.1. The molecule has 3 N–H and O–H groups in total. The van der Waals surface area contributed by atoms with Crippen LogP contribution in [0.3, 0.4) is 0 Å². The van der Waals surface area contributed by atoms with Gasteiger partial charge in [0.05, 0.1) is 16.3 Å². The minimum absolute atomic E-state index is 0. The van der Waals surface area contributed by atoms with E-state index in [0.29, 0.717) is 15.6 Å². The fraction of sp³-hybridized carbons (Fsp3) is 0. The van der Waals surface area contributed by atoms with E-state index >= 15 is 0 Å². The van der Waals surface area contributed by atoms with Gasteiger partial charge in [0.1, 0.15) is 0 Å². The maximum atomic E-state index is 7.11. The normalized spacial score (nSPS) is 11.7. The zero-order valence-corrected chi connectivity index (χ0v) is 14.6. The molecule has 0 aromatic heterocycles. The molecule has 0 bridgehead atoms. The van der Waals surface area contributed by atoms with E-state index in [1.165, 1.54) is 6.21 Å². The van der Waals surface area contributed by atoms with Crippen LogP contribution in [0, 0.1) is 5.40 Å². The van der Waals surface area contributed by atoms with E-state index in [1.54, 1.807) is 18.2 Å². The predicted molar refractivity (Wildman–Crippen MR) is 100 cm³/mol. The van der Waals surface area contributed by atoms with Crippen LogP contribution < -0.4 is 10.7 Å². The maximum Gasteiger partial charge on any atom is 0.213 e. The van der Waals surface area contributed by atoms with Crippen molar-refractivity contribution in [3.05, 3.63) is 64.1 Å². The number of halogens is 3. The second-order valence-electron chi connectivity index (χ2n) is 3.84. The summed E-state index contributed by atoms with van der Waals surface area (Å²) in [5.74, 6) is 0.181. The molecule has 110 valence electrons. The highest BCUT2D eigenvalue weighted by atomic mass is 127. The monoisotopic (exact) mass is 434 g/mol. The second kappa shape index (κ2) is 8.86. The Morgan fingerprint density at radius 2 is 1.76 bits per heavy atom. The molecule has 2 rings (SSSR count). The van der Waals surface area contributed by atoms with Gasteiger partial charge in [-0.2, -0.15) is 5.10 Å². The molecule has 21 heavy (non-hydrogen) atoms. The average Bonchev–Trinajstić information content (AvgIpc) is 2.50. The van der Waals surface area contributed by atoms with Crippen molar-refractivity contribution in [1.29, 1.82) is 5.40 Å². The summed E-state index contributed by atoms with van der Waals surface area (Å²) in [5, 5.41) is 11.2. The molecule has 0 unspecified atom stereocenters. The first-order chi connectivity index (χ1) is 10.2. The van der Waals surface area contributed by atoms with Crippen molar-refractivity contribution in [2.75, 3.05) is 5.32 Å². The lowest BCUT2D eigenvalue weighted by Crippen LogP contribution is -2.25. The van der Waals surface area contributed by atoms with Gasteiger partial charge in [-0.15, -0.1) is 24.0 Å². The number of nitrogens with one attached hydrogen (secondary N) is 3. The van der Waals surface area contributed by atoms with E-state index in [0.717, 1.165) is 5.69 Å². The van der Waals surface area contributed by atoms with Gasteiger partial charge < -0.3 is 5.32 Å². The highest BCUT2D eigenvalue weighted by Gasteiger charge is 2.02. The number of rotatable bonds is 3. The summed E-state index contributed by atoms with van der Waals surface area (Å²) in [6.07, 6.45) is 1.47. The standard InChI is InChI=1S/C14H12Cl2N4.HI/c15-12-7-4-8-13(16)11(12)9-18-20-14(17)19-10-5-2-1-3-6-10;/h1-9H,(H3,17,19,20);1H. The van der Waals surface area contributed by atoms with E-state index in [1.807, 2.05) is 30.3 Å². The average molecular weight is 435 g/mol. The van der Waals surface area contributed by atoms with E-state index in [4.69, 9.17) is 24.6 Å². The molecular weight excluding hydrogens is 422 g/mol. The van der Waals surface area contributed by atoms with Gasteiger partial charge in [-0.25, -0.2) is 5.43 Å². The molecule has 0 aliphatic carbocycles. The Bertz CT molecular complexity index is 645. The molecule has 0 spiro atoms. The van der Waals surface area contributed by atoms with Crippen molar-refractivity contribution < 1.29 is 1.41 Å². The minimum atomic E-state index is 0. The van der Waals surface area contributed by atoms with Gasteiger partial charge in [-0.05, 0) is 24.3 Å². The van der Waals surface area contributed by atoms with Crippen molar-refractivity contribution in [1.82, 2.24) is 5.43 Å². The third-order valence-electron chi connectivity index (χ3n) is 2.40. The maximum absolute atomic E-state index is 7.11. The molecule has 0 aliphatic rings. The van der Waals surface area contributed by atoms with Crippen LogP contribution in [0.4, 0.5) is 5.69 Å². The van der Waals surface area contributed by atoms with Gasteiger partial charge in [-0.3, -0.25) is 5.40 Å². The van der Waals surface area contributed by atoms with Crippen LogP contribution in [0.1, 0.15) is 5.56 Å².